The normalized spacial score (nSPS) is 13.6. The predicted molar refractivity (Wildman–Crippen MR) is 70.0 cm³/mol. The molecule has 1 heterocycles. The summed E-state index contributed by atoms with van der Waals surface area (Å²) >= 11 is 5.76. The second-order valence-corrected chi connectivity index (χ2v) is 6.63. The Hall–Kier alpha value is -0.650. The van der Waals surface area contributed by atoms with Gasteiger partial charge in [0.15, 0.2) is 0 Å². The van der Waals surface area contributed by atoms with Crippen molar-refractivity contribution in [2.75, 3.05) is 18.6 Å². The third-order valence-corrected chi connectivity index (χ3v) is 3.54. The largest absolute Gasteiger partial charge is 0.309 e. The van der Waals surface area contributed by atoms with Crippen LogP contribution in [0.2, 0.25) is 5.02 Å². The molecule has 0 fully saturated rings. The van der Waals surface area contributed by atoms with Gasteiger partial charge in [0.25, 0.3) is 0 Å². The Kier molecular flexibility index (Phi) is 5.36. The highest BCUT2D eigenvalue weighted by Crippen LogP contribution is 2.17. The molecule has 17 heavy (non-hydrogen) atoms. The summed E-state index contributed by atoms with van der Waals surface area (Å²) in [5.74, 6) is 0.148. The summed E-state index contributed by atoms with van der Waals surface area (Å²) in [6.07, 6.45) is 3.33. The molecule has 0 aliphatic rings. The molecular formula is C11H17ClN2O2S. The van der Waals surface area contributed by atoms with Gasteiger partial charge < -0.3 is 5.32 Å². The molecule has 0 aromatic carbocycles. The average molecular weight is 277 g/mol. The molecule has 96 valence electrons. The van der Waals surface area contributed by atoms with Crippen LogP contribution >= 0.6 is 11.6 Å². The first-order valence-electron chi connectivity index (χ1n) is 5.45. The zero-order chi connectivity index (χ0) is 12.9. The molecule has 0 aliphatic heterocycles. The van der Waals surface area contributed by atoms with E-state index in [1.807, 2.05) is 13.0 Å². The number of rotatable bonds is 6. The number of aromatic nitrogens is 1. The number of sulfone groups is 1. The van der Waals surface area contributed by atoms with Crippen molar-refractivity contribution in [3.63, 3.8) is 0 Å². The van der Waals surface area contributed by atoms with Crippen molar-refractivity contribution >= 4 is 21.4 Å². The van der Waals surface area contributed by atoms with Gasteiger partial charge in [0, 0.05) is 12.5 Å². The van der Waals surface area contributed by atoms with E-state index in [1.54, 1.807) is 12.3 Å². The van der Waals surface area contributed by atoms with E-state index in [2.05, 4.69) is 10.3 Å². The third kappa shape index (κ3) is 5.48. The van der Waals surface area contributed by atoms with E-state index in [4.69, 9.17) is 11.6 Å². The van der Waals surface area contributed by atoms with Crippen molar-refractivity contribution in [1.82, 2.24) is 10.3 Å². The Morgan fingerprint density at radius 2 is 2.18 bits per heavy atom. The van der Waals surface area contributed by atoms with Crippen molar-refractivity contribution in [2.24, 2.45) is 0 Å². The predicted octanol–water partition coefficient (Wildman–Crippen LogP) is 1.82. The van der Waals surface area contributed by atoms with Gasteiger partial charge >= 0.3 is 0 Å². The summed E-state index contributed by atoms with van der Waals surface area (Å²) in [4.78, 5) is 4.21. The SMILES string of the molecule is CCNC(CCS(C)(=O)=O)c1ccc(Cl)cn1. The zero-order valence-corrected chi connectivity index (χ0v) is 11.6. The van der Waals surface area contributed by atoms with Crippen LogP contribution in [0.15, 0.2) is 18.3 Å². The molecule has 0 saturated heterocycles. The van der Waals surface area contributed by atoms with Crippen molar-refractivity contribution < 1.29 is 8.42 Å². The van der Waals surface area contributed by atoms with Crippen molar-refractivity contribution in [3.8, 4) is 0 Å². The molecule has 0 radical (unpaired) electrons. The van der Waals surface area contributed by atoms with Gasteiger partial charge in [-0.15, -0.1) is 0 Å². The van der Waals surface area contributed by atoms with Crippen LogP contribution in [0, 0.1) is 0 Å². The van der Waals surface area contributed by atoms with E-state index in [0.717, 1.165) is 12.2 Å². The second-order valence-electron chi connectivity index (χ2n) is 3.93. The fourth-order valence-corrected chi connectivity index (χ4v) is 2.30. The topological polar surface area (TPSA) is 59.1 Å². The number of halogens is 1. The van der Waals surface area contributed by atoms with Gasteiger partial charge in [0.2, 0.25) is 0 Å². The Morgan fingerprint density at radius 3 is 2.65 bits per heavy atom. The van der Waals surface area contributed by atoms with Crippen LogP contribution < -0.4 is 5.32 Å². The standard InChI is InChI=1S/C11H17ClN2O2S/c1-3-13-11(6-7-17(2,15)16)10-5-4-9(12)8-14-10/h4-5,8,11,13H,3,6-7H2,1-2H3. The summed E-state index contributed by atoms with van der Waals surface area (Å²) in [5.41, 5.74) is 0.819. The lowest BCUT2D eigenvalue weighted by Crippen LogP contribution is -2.24. The molecule has 6 heteroatoms. The molecule has 1 aromatic heterocycles. The maximum absolute atomic E-state index is 11.2. The molecule has 0 saturated carbocycles. The summed E-state index contributed by atoms with van der Waals surface area (Å²) in [5, 5.41) is 3.80. The third-order valence-electron chi connectivity index (χ3n) is 2.34. The van der Waals surface area contributed by atoms with Crippen molar-refractivity contribution in [1.29, 1.82) is 0 Å². The van der Waals surface area contributed by atoms with Crippen LogP contribution in [0.5, 0.6) is 0 Å². The van der Waals surface area contributed by atoms with Crippen LogP contribution in [0.3, 0.4) is 0 Å². The number of pyridine rings is 1. The Morgan fingerprint density at radius 1 is 1.47 bits per heavy atom. The highest BCUT2D eigenvalue weighted by Gasteiger charge is 2.14. The smallest absolute Gasteiger partial charge is 0.147 e. The summed E-state index contributed by atoms with van der Waals surface area (Å²) in [6.45, 7) is 2.74. The monoisotopic (exact) mass is 276 g/mol. The highest BCUT2D eigenvalue weighted by atomic mass is 35.5. The van der Waals surface area contributed by atoms with Gasteiger partial charge in [-0.05, 0) is 25.1 Å². The first-order valence-corrected chi connectivity index (χ1v) is 7.89. The minimum absolute atomic E-state index is 0.0491. The van der Waals surface area contributed by atoms with Gasteiger partial charge in [-0.2, -0.15) is 0 Å². The van der Waals surface area contributed by atoms with Crippen molar-refractivity contribution in [3.05, 3.63) is 29.0 Å². The molecule has 0 spiro atoms. The number of hydrogen-bond donors (Lipinski definition) is 1. The summed E-state index contributed by atoms with van der Waals surface area (Å²) in [6, 6.07) is 3.53. The molecule has 0 bridgehead atoms. The number of nitrogens with zero attached hydrogens (tertiary/aromatic N) is 1. The molecular weight excluding hydrogens is 260 g/mol. The van der Waals surface area contributed by atoms with E-state index in [0.29, 0.717) is 11.4 Å². The van der Waals surface area contributed by atoms with Crippen molar-refractivity contribution in [2.45, 2.75) is 19.4 Å². The Labute approximate surface area is 107 Å². The minimum atomic E-state index is -2.95. The highest BCUT2D eigenvalue weighted by molar-refractivity contribution is 7.90. The maximum atomic E-state index is 11.2. The molecule has 1 atom stereocenters. The van der Waals surface area contributed by atoms with E-state index in [1.165, 1.54) is 6.26 Å². The number of hydrogen-bond acceptors (Lipinski definition) is 4. The first-order chi connectivity index (χ1) is 7.92. The van der Waals surface area contributed by atoms with Crippen LogP contribution in [0.1, 0.15) is 25.1 Å². The van der Waals surface area contributed by atoms with E-state index >= 15 is 0 Å². The van der Waals surface area contributed by atoms with Crippen LogP contribution in [-0.4, -0.2) is 32.0 Å². The molecule has 1 unspecified atom stereocenters. The second kappa shape index (κ2) is 6.33. The van der Waals surface area contributed by atoms with E-state index in [-0.39, 0.29) is 11.8 Å². The lowest BCUT2D eigenvalue weighted by molar-refractivity contribution is 0.519. The van der Waals surface area contributed by atoms with Crippen LogP contribution in [0.4, 0.5) is 0 Å². The van der Waals surface area contributed by atoms with E-state index < -0.39 is 9.84 Å². The van der Waals surface area contributed by atoms with Gasteiger partial charge in [0.05, 0.1) is 22.5 Å². The quantitative estimate of drug-likeness (QED) is 0.861. The van der Waals surface area contributed by atoms with Crippen LogP contribution in [-0.2, 0) is 9.84 Å². The summed E-state index contributed by atoms with van der Waals surface area (Å²) in [7, 11) is -2.95. The maximum Gasteiger partial charge on any atom is 0.147 e. The average Bonchev–Trinajstić information content (AvgIpc) is 2.24. The molecule has 1 N–H and O–H groups in total. The number of nitrogens with one attached hydrogen (secondary N) is 1. The van der Waals surface area contributed by atoms with Gasteiger partial charge in [-0.1, -0.05) is 18.5 Å². The fraction of sp³-hybridized carbons (Fsp3) is 0.545. The molecule has 0 aliphatic carbocycles. The van der Waals surface area contributed by atoms with Crippen LogP contribution in [0.25, 0.3) is 0 Å². The Bertz CT molecular complexity index is 445. The molecule has 1 aromatic rings. The molecule has 4 nitrogen and oxygen atoms in total. The fourth-order valence-electron chi connectivity index (χ4n) is 1.53. The lowest BCUT2D eigenvalue weighted by Gasteiger charge is -2.16. The Balaban J connectivity index is 2.75. The lowest BCUT2D eigenvalue weighted by atomic mass is 10.1. The molecule has 1 rings (SSSR count). The minimum Gasteiger partial charge on any atom is -0.309 e. The first kappa shape index (κ1) is 14.4. The summed E-state index contributed by atoms with van der Waals surface area (Å²) < 4.78 is 22.3. The van der Waals surface area contributed by atoms with Gasteiger partial charge in [-0.3, -0.25) is 4.98 Å². The van der Waals surface area contributed by atoms with Gasteiger partial charge in [0.1, 0.15) is 9.84 Å². The van der Waals surface area contributed by atoms with Gasteiger partial charge in [-0.25, -0.2) is 8.42 Å². The zero-order valence-electron chi connectivity index (χ0n) is 9.98. The van der Waals surface area contributed by atoms with E-state index in [9.17, 15) is 8.42 Å². The molecule has 0 amide bonds.